The third-order valence-corrected chi connectivity index (χ3v) is 2.73. The van der Waals surface area contributed by atoms with E-state index in [4.69, 9.17) is 9.47 Å². The van der Waals surface area contributed by atoms with E-state index in [0.717, 1.165) is 5.75 Å². The second-order valence-electron chi connectivity index (χ2n) is 4.82. The summed E-state index contributed by atoms with van der Waals surface area (Å²) in [6, 6.07) is 9.45. The van der Waals surface area contributed by atoms with Crippen molar-refractivity contribution in [1.82, 2.24) is 10.2 Å². The Hall–Kier alpha value is -1.63. The van der Waals surface area contributed by atoms with Crippen LogP contribution in [0.4, 0.5) is 0 Å². The van der Waals surface area contributed by atoms with Gasteiger partial charge in [-0.25, -0.2) is 0 Å². The smallest absolute Gasteiger partial charge is 0.234 e. The van der Waals surface area contributed by atoms with Gasteiger partial charge in [-0.2, -0.15) is 0 Å². The van der Waals surface area contributed by atoms with Gasteiger partial charge in [0, 0.05) is 13.7 Å². The van der Waals surface area contributed by atoms with Crippen molar-refractivity contribution in [2.24, 2.45) is 0 Å². The Morgan fingerprint density at radius 2 is 2.10 bits per heavy atom. The van der Waals surface area contributed by atoms with Crippen molar-refractivity contribution < 1.29 is 19.4 Å². The topological polar surface area (TPSA) is 71.0 Å². The number of carbonyl (C=O) groups is 1. The van der Waals surface area contributed by atoms with E-state index < -0.39 is 6.10 Å². The average molecular weight is 296 g/mol. The van der Waals surface area contributed by atoms with Crippen molar-refractivity contribution >= 4 is 5.91 Å². The fourth-order valence-corrected chi connectivity index (χ4v) is 1.85. The van der Waals surface area contributed by atoms with Crippen molar-refractivity contribution in [3.8, 4) is 5.75 Å². The zero-order valence-corrected chi connectivity index (χ0v) is 12.6. The third kappa shape index (κ3) is 8.29. The van der Waals surface area contributed by atoms with Gasteiger partial charge in [0.15, 0.2) is 0 Å². The average Bonchev–Trinajstić information content (AvgIpc) is 2.44. The van der Waals surface area contributed by atoms with Crippen LogP contribution >= 0.6 is 0 Å². The number of nitrogens with one attached hydrogen (secondary N) is 1. The van der Waals surface area contributed by atoms with Crippen molar-refractivity contribution in [1.29, 1.82) is 0 Å². The maximum Gasteiger partial charge on any atom is 0.234 e. The third-order valence-electron chi connectivity index (χ3n) is 2.73. The Kier molecular flexibility index (Phi) is 8.42. The minimum absolute atomic E-state index is 0.0984. The normalized spacial score (nSPS) is 12.2. The first-order chi connectivity index (χ1) is 10.1. The summed E-state index contributed by atoms with van der Waals surface area (Å²) in [5.74, 6) is 0.685. The Morgan fingerprint density at radius 1 is 1.38 bits per heavy atom. The molecule has 118 valence electrons. The van der Waals surface area contributed by atoms with Gasteiger partial charge < -0.3 is 19.9 Å². The highest BCUT2D eigenvalue weighted by molar-refractivity contribution is 5.77. The van der Waals surface area contributed by atoms with Crippen LogP contribution in [0.15, 0.2) is 30.3 Å². The highest BCUT2D eigenvalue weighted by Gasteiger charge is 2.11. The molecular weight excluding hydrogens is 272 g/mol. The summed E-state index contributed by atoms with van der Waals surface area (Å²) in [5.41, 5.74) is 0. The first-order valence-electron chi connectivity index (χ1n) is 6.92. The Labute approximate surface area is 125 Å². The molecular formula is C15H24N2O4. The molecule has 1 amide bonds. The molecule has 21 heavy (non-hydrogen) atoms. The molecule has 0 aliphatic carbocycles. The molecule has 1 rings (SSSR count). The highest BCUT2D eigenvalue weighted by atomic mass is 16.5. The van der Waals surface area contributed by atoms with Crippen LogP contribution in [0.2, 0.25) is 0 Å². The standard InChI is InChI=1S/C15H24N2O4/c1-17(10-13(18)12-20-2)11-15(19)16-8-9-21-14-6-4-3-5-7-14/h3-7,13,18H,8-12H2,1-2H3,(H,16,19). The van der Waals surface area contributed by atoms with E-state index in [0.29, 0.717) is 19.7 Å². The number of nitrogens with zero attached hydrogens (tertiary/aromatic N) is 1. The van der Waals surface area contributed by atoms with Gasteiger partial charge in [0.25, 0.3) is 0 Å². The summed E-state index contributed by atoms with van der Waals surface area (Å²) in [6.45, 7) is 1.75. The van der Waals surface area contributed by atoms with Crippen molar-refractivity contribution in [2.75, 3.05) is 47.0 Å². The highest BCUT2D eigenvalue weighted by Crippen LogP contribution is 2.07. The molecule has 1 aromatic rings. The van der Waals surface area contributed by atoms with E-state index in [9.17, 15) is 9.90 Å². The number of hydrogen-bond acceptors (Lipinski definition) is 5. The SMILES string of the molecule is COCC(O)CN(C)CC(=O)NCCOc1ccccc1. The fourth-order valence-electron chi connectivity index (χ4n) is 1.85. The van der Waals surface area contributed by atoms with Gasteiger partial charge in [-0.1, -0.05) is 18.2 Å². The molecule has 1 atom stereocenters. The van der Waals surface area contributed by atoms with Gasteiger partial charge in [-0.3, -0.25) is 9.69 Å². The zero-order valence-electron chi connectivity index (χ0n) is 12.6. The molecule has 1 unspecified atom stereocenters. The lowest BCUT2D eigenvalue weighted by molar-refractivity contribution is -0.122. The number of para-hydroxylation sites is 1. The number of likely N-dealkylation sites (N-methyl/N-ethyl adjacent to an activating group) is 1. The molecule has 2 N–H and O–H groups in total. The van der Waals surface area contributed by atoms with Crippen LogP contribution in [0.1, 0.15) is 0 Å². The van der Waals surface area contributed by atoms with Gasteiger partial charge in [0.05, 0.1) is 25.8 Å². The van der Waals surface area contributed by atoms with E-state index >= 15 is 0 Å². The predicted octanol–water partition coefficient (Wildman–Crippen LogP) is 0.121. The molecule has 0 aliphatic heterocycles. The fraction of sp³-hybridized carbons (Fsp3) is 0.533. The lowest BCUT2D eigenvalue weighted by Crippen LogP contribution is -2.40. The minimum atomic E-state index is -0.589. The van der Waals surface area contributed by atoms with Crippen LogP contribution in [0, 0.1) is 0 Å². The molecule has 0 fully saturated rings. The number of hydrogen-bond donors (Lipinski definition) is 2. The van der Waals surface area contributed by atoms with Gasteiger partial charge in [0.1, 0.15) is 12.4 Å². The summed E-state index contributed by atoms with van der Waals surface area (Å²) in [5, 5.41) is 12.3. The number of methoxy groups -OCH3 is 1. The van der Waals surface area contributed by atoms with Gasteiger partial charge in [0.2, 0.25) is 5.91 Å². The summed E-state index contributed by atoms with van der Waals surface area (Å²) < 4.78 is 10.3. The number of benzene rings is 1. The first-order valence-corrected chi connectivity index (χ1v) is 6.92. The lowest BCUT2D eigenvalue weighted by atomic mass is 10.3. The molecule has 0 saturated heterocycles. The van der Waals surface area contributed by atoms with E-state index in [1.807, 2.05) is 30.3 Å². The monoisotopic (exact) mass is 296 g/mol. The summed E-state index contributed by atoms with van der Waals surface area (Å²) in [6.07, 6.45) is -0.589. The molecule has 1 aromatic carbocycles. The molecule has 0 saturated carbocycles. The van der Waals surface area contributed by atoms with Crippen molar-refractivity contribution in [2.45, 2.75) is 6.10 Å². The van der Waals surface area contributed by atoms with Crippen molar-refractivity contribution in [3.05, 3.63) is 30.3 Å². The van der Waals surface area contributed by atoms with Crippen LogP contribution in [0.5, 0.6) is 5.75 Å². The largest absolute Gasteiger partial charge is 0.492 e. The van der Waals surface area contributed by atoms with Gasteiger partial charge in [-0.15, -0.1) is 0 Å². The zero-order chi connectivity index (χ0) is 15.5. The van der Waals surface area contributed by atoms with E-state index in [1.54, 1.807) is 11.9 Å². The maximum absolute atomic E-state index is 11.7. The molecule has 0 radical (unpaired) electrons. The molecule has 0 aromatic heterocycles. The Morgan fingerprint density at radius 3 is 2.76 bits per heavy atom. The Bertz CT molecular complexity index is 400. The molecule has 0 spiro atoms. The van der Waals surface area contributed by atoms with Crippen LogP contribution in [0.25, 0.3) is 0 Å². The maximum atomic E-state index is 11.7. The summed E-state index contributed by atoms with van der Waals surface area (Å²) in [4.78, 5) is 13.4. The minimum Gasteiger partial charge on any atom is -0.492 e. The molecule has 0 aliphatic rings. The van der Waals surface area contributed by atoms with Gasteiger partial charge >= 0.3 is 0 Å². The first kappa shape index (κ1) is 17.4. The molecule has 6 heteroatoms. The number of aliphatic hydroxyl groups is 1. The van der Waals surface area contributed by atoms with Crippen LogP contribution in [0.3, 0.4) is 0 Å². The quantitative estimate of drug-likeness (QED) is 0.600. The van der Waals surface area contributed by atoms with E-state index in [2.05, 4.69) is 5.32 Å². The second-order valence-corrected chi connectivity index (χ2v) is 4.82. The number of ether oxygens (including phenoxy) is 2. The second kappa shape index (κ2) is 10.1. The summed E-state index contributed by atoms with van der Waals surface area (Å²) in [7, 11) is 3.31. The van der Waals surface area contributed by atoms with E-state index in [1.165, 1.54) is 7.11 Å². The predicted molar refractivity (Wildman–Crippen MR) is 80.3 cm³/mol. The van der Waals surface area contributed by atoms with Crippen molar-refractivity contribution in [3.63, 3.8) is 0 Å². The molecule has 0 bridgehead atoms. The van der Waals surface area contributed by atoms with Crippen LogP contribution in [-0.4, -0.2) is 69.0 Å². The Balaban J connectivity index is 2.10. The number of carbonyl (C=O) groups excluding carboxylic acids is 1. The number of aliphatic hydroxyl groups excluding tert-OH is 1. The van der Waals surface area contributed by atoms with Crippen LogP contribution in [-0.2, 0) is 9.53 Å². The molecule has 0 heterocycles. The number of rotatable bonds is 10. The number of amides is 1. The van der Waals surface area contributed by atoms with Crippen LogP contribution < -0.4 is 10.1 Å². The van der Waals surface area contributed by atoms with E-state index in [-0.39, 0.29) is 19.1 Å². The molecule has 6 nitrogen and oxygen atoms in total. The summed E-state index contributed by atoms with van der Waals surface area (Å²) >= 11 is 0. The van der Waals surface area contributed by atoms with Gasteiger partial charge in [-0.05, 0) is 19.2 Å². The lowest BCUT2D eigenvalue weighted by Gasteiger charge is -2.19.